The van der Waals surface area contributed by atoms with Gasteiger partial charge in [-0.3, -0.25) is 9.11 Å². The summed E-state index contributed by atoms with van der Waals surface area (Å²) in [5.74, 6) is 0.465. The molecule has 0 atom stereocenters. The Morgan fingerprint density at radius 2 is 1.76 bits per heavy atom. The average Bonchev–Trinajstić information content (AvgIpc) is 2.47. The quantitative estimate of drug-likeness (QED) is 0.334. The monoisotopic (exact) mass is 266 g/mol. The van der Waals surface area contributed by atoms with Crippen LogP contribution in [-0.2, 0) is 10.4 Å². The first-order valence-corrected chi connectivity index (χ1v) is 5.09. The van der Waals surface area contributed by atoms with E-state index in [4.69, 9.17) is 29.0 Å². The van der Waals surface area contributed by atoms with Gasteiger partial charge in [0.1, 0.15) is 5.52 Å². The van der Waals surface area contributed by atoms with Gasteiger partial charge in [0.05, 0.1) is 6.33 Å². The van der Waals surface area contributed by atoms with Crippen molar-refractivity contribution in [1.29, 1.82) is 0 Å². The summed E-state index contributed by atoms with van der Waals surface area (Å²) in [5.41, 5.74) is 11.9. The maximum atomic E-state index is 8.74. The second kappa shape index (κ2) is 5.35. The van der Waals surface area contributed by atoms with Crippen molar-refractivity contribution in [2.24, 2.45) is 0 Å². The maximum Gasteiger partial charge on any atom is 0.394 e. The van der Waals surface area contributed by atoms with Crippen LogP contribution in [0.25, 0.3) is 11.2 Å². The molecule has 0 unspecified atom stereocenters. The maximum absolute atomic E-state index is 8.74. The predicted octanol–water partition coefficient (Wildman–Crippen LogP) is -1.96. The molecule has 9 N–H and O–H groups in total. The van der Waals surface area contributed by atoms with Gasteiger partial charge in [0, 0.05) is 0 Å². The van der Waals surface area contributed by atoms with Gasteiger partial charge in [0.15, 0.2) is 11.5 Å². The van der Waals surface area contributed by atoms with E-state index in [-0.39, 0.29) is 11.4 Å². The number of H-pyrrole nitrogens is 1. The summed E-state index contributed by atoms with van der Waals surface area (Å²) >= 11 is 0. The van der Waals surface area contributed by atoms with Gasteiger partial charge >= 0.3 is 10.4 Å². The Labute approximate surface area is 94.8 Å². The summed E-state index contributed by atoms with van der Waals surface area (Å²) < 4.78 is 31.6. The van der Waals surface area contributed by atoms with Crippen LogP contribution in [0.5, 0.6) is 0 Å². The average molecular weight is 266 g/mol. The van der Waals surface area contributed by atoms with Crippen molar-refractivity contribution in [2.45, 2.75) is 0 Å². The number of nitrogen functional groups attached to an aromatic ring is 2. The Morgan fingerprint density at radius 3 is 2.29 bits per heavy atom. The molecule has 0 bridgehead atoms. The molecule has 12 heteroatoms. The zero-order valence-electron chi connectivity index (χ0n) is 8.19. The summed E-state index contributed by atoms with van der Waals surface area (Å²) in [6.07, 6.45) is 1.50. The molecule has 2 aromatic rings. The van der Waals surface area contributed by atoms with E-state index >= 15 is 0 Å². The highest BCUT2D eigenvalue weighted by Crippen LogP contribution is 2.12. The van der Waals surface area contributed by atoms with E-state index in [1.54, 1.807) is 0 Å². The molecule has 0 aromatic carbocycles. The predicted molar refractivity (Wildman–Crippen MR) is 58.3 cm³/mol. The van der Waals surface area contributed by atoms with Crippen molar-refractivity contribution in [3.05, 3.63) is 6.33 Å². The Balaban J connectivity index is 0.000000373. The lowest BCUT2D eigenvalue weighted by Gasteiger charge is -1.94. The molecule has 0 aliphatic heterocycles. The molecule has 0 amide bonds. The van der Waals surface area contributed by atoms with Crippen molar-refractivity contribution < 1.29 is 23.0 Å². The first-order chi connectivity index (χ1) is 7.27. The fourth-order valence-electron chi connectivity index (χ4n) is 0.873. The van der Waals surface area contributed by atoms with Gasteiger partial charge in [0.25, 0.3) is 0 Å². The van der Waals surface area contributed by atoms with Crippen molar-refractivity contribution in [3.8, 4) is 0 Å². The number of aromatic amines is 1. The van der Waals surface area contributed by atoms with Gasteiger partial charge in [0.2, 0.25) is 5.95 Å². The lowest BCUT2D eigenvalue weighted by atomic mass is 10.5. The van der Waals surface area contributed by atoms with Gasteiger partial charge in [-0.2, -0.15) is 18.4 Å². The van der Waals surface area contributed by atoms with Crippen molar-refractivity contribution in [2.75, 3.05) is 11.5 Å². The Bertz CT molecular complexity index is 586. The molecular formula is C5H10N6O5S. The van der Waals surface area contributed by atoms with Crippen LogP contribution in [0.1, 0.15) is 0 Å². The SMILES string of the molecule is Nc1nc(N)c2[nH]cnc2n1.O.O=S(=O)(O)O. The number of hydrogen-bond acceptors (Lipinski definition) is 7. The highest BCUT2D eigenvalue weighted by molar-refractivity contribution is 7.79. The lowest BCUT2D eigenvalue weighted by Crippen LogP contribution is -1.99. The van der Waals surface area contributed by atoms with E-state index in [2.05, 4.69) is 19.9 Å². The highest BCUT2D eigenvalue weighted by atomic mass is 32.3. The van der Waals surface area contributed by atoms with E-state index in [0.717, 1.165) is 0 Å². The molecule has 17 heavy (non-hydrogen) atoms. The van der Waals surface area contributed by atoms with Crippen molar-refractivity contribution in [3.63, 3.8) is 0 Å². The van der Waals surface area contributed by atoms with Gasteiger partial charge < -0.3 is 21.9 Å². The standard InChI is InChI=1S/C5H6N6.H2O4S.H2O/c6-3-2-4(9-1-8-2)11-5(7)10-3;1-5(2,3)4;/h1H,(H5,6,7,8,9,10,11);(H2,1,2,3,4);1H2. The number of anilines is 2. The largest absolute Gasteiger partial charge is 0.412 e. The van der Waals surface area contributed by atoms with Crippen molar-refractivity contribution in [1.82, 2.24) is 19.9 Å². The number of hydrogen-bond donors (Lipinski definition) is 5. The second-order valence-corrected chi connectivity index (χ2v) is 3.41. The van der Waals surface area contributed by atoms with Gasteiger partial charge in [-0.15, -0.1) is 0 Å². The minimum absolute atomic E-state index is 0. The van der Waals surface area contributed by atoms with E-state index in [1.807, 2.05) is 0 Å². The van der Waals surface area contributed by atoms with Crippen LogP contribution >= 0.6 is 0 Å². The number of aromatic nitrogens is 4. The minimum atomic E-state index is -4.67. The molecule has 0 aliphatic carbocycles. The Morgan fingerprint density at radius 1 is 1.24 bits per heavy atom. The molecule has 2 aromatic heterocycles. The highest BCUT2D eigenvalue weighted by Gasteiger charge is 2.03. The van der Waals surface area contributed by atoms with Crippen molar-refractivity contribution >= 4 is 33.3 Å². The smallest absolute Gasteiger partial charge is 0.394 e. The molecule has 0 aliphatic rings. The van der Waals surface area contributed by atoms with Crippen LogP contribution in [0.3, 0.4) is 0 Å². The third-order valence-electron chi connectivity index (χ3n) is 1.33. The molecule has 0 spiro atoms. The van der Waals surface area contributed by atoms with Crippen LogP contribution in [0.4, 0.5) is 11.8 Å². The first kappa shape index (κ1) is 15.0. The zero-order chi connectivity index (χ0) is 12.3. The summed E-state index contributed by atoms with van der Waals surface area (Å²) in [7, 11) is -4.67. The number of fused-ring (bicyclic) bond motifs is 1. The molecule has 0 radical (unpaired) electrons. The fourth-order valence-corrected chi connectivity index (χ4v) is 0.873. The number of nitrogens with zero attached hydrogens (tertiary/aromatic N) is 3. The third kappa shape index (κ3) is 5.03. The molecule has 0 saturated carbocycles. The number of rotatable bonds is 0. The Hall–Kier alpha value is -2.02. The molecule has 0 saturated heterocycles. The second-order valence-electron chi connectivity index (χ2n) is 2.52. The molecule has 11 nitrogen and oxygen atoms in total. The van der Waals surface area contributed by atoms with Gasteiger partial charge in [-0.25, -0.2) is 4.98 Å². The zero-order valence-corrected chi connectivity index (χ0v) is 9.01. The lowest BCUT2D eigenvalue weighted by molar-refractivity contribution is 0.381. The minimum Gasteiger partial charge on any atom is -0.412 e. The summed E-state index contributed by atoms with van der Waals surface area (Å²) in [5, 5.41) is 0. The van der Waals surface area contributed by atoms with E-state index in [0.29, 0.717) is 17.0 Å². The summed E-state index contributed by atoms with van der Waals surface area (Å²) in [6.45, 7) is 0. The molecule has 2 heterocycles. The first-order valence-electron chi connectivity index (χ1n) is 3.69. The molecule has 96 valence electrons. The van der Waals surface area contributed by atoms with E-state index in [1.165, 1.54) is 6.33 Å². The number of nitrogens with two attached hydrogens (primary N) is 2. The molecule has 0 fully saturated rings. The molecular weight excluding hydrogens is 256 g/mol. The third-order valence-corrected chi connectivity index (χ3v) is 1.33. The van der Waals surface area contributed by atoms with Crippen LogP contribution in [0.15, 0.2) is 6.33 Å². The normalized spacial score (nSPS) is 10.2. The van der Waals surface area contributed by atoms with Crippen LogP contribution in [0, 0.1) is 0 Å². The number of nitrogens with one attached hydrogen (secondary N) is 1. The Kier molecular flexibility index (Phi) is 4.72. The topological polar surface area (TPSA) is 213 Å². The molecule has 2 rings (SSSR count). The van der Waals surface area contributed by atoms with Crippen LogP contribution in [-0.4, -0.2) is 42.9 Å². The van der Waals surface area contributed by atoms with Crippen LogP contribution in [0.2, 0.25) is 0 Å². The summed E-state index contributed by atoms with van der Waals surface area (Å²) in [4.78, 5) is 14.3. The number of imidazole rings is 1. The fraction of sp³-hybridized carbons (Fsp3) is 0. The van der Waals surface area contributed by atoms with Crippen LogP contribution < -0.4 is 11.5 Å². The summed E-state index contributed by atoms with van der Waals surface area (Å²) in [6, 6.07) is 0. The van der Waals surface area contributed by atoms with E-state index in [9.17, 15) is 0 Å². The van der Waals surface area contributed by atoms with Gasteiger partial charge in [-0.05, 0) is 0 Å². The van der Waals surface area contributed by atoms with Gasteiger partial charge in [-0.1, -0.05) is 0 Å². The van der Waals surface area contributed by atoms with E-state index < -0.39 is 10.4 Å².